The van der Waals surface area contributed by atoms with Crippen LogP contribution in [0.5, 0.6) is 11.5 Å². The Kier molecular flexibility index (Phi) is 7.40. The molecule has 0 saturated carbocycles. The van der Waals surface area contributed by atoms with E-state index in [1.54, 1.807) is 13.8 Å². The van der Waals surface area contributed by atoms with Crippen LogP contribution in [-0.2, 0) is 4.79 Å². The molecule has 0 spiro atoms. The fourth-order valence-electron chi connectivity index (χ4n) is 4.28. The largest absolute Gasteiger partial charge is 0.490 e. The van der Waals surface area contributed by atoms with E-state index in [9.17, 15) is 9.90 Å². The first kappa shape index (κ1) is 25.4. The SMILES string of the molecule is CC(C)CN(C[C@H](O)COc1cccc2[nH]c3ccccc3c12)c1ccc(OC(C)(C)C(N)=O)cc1. The van der Waals surface area contributed by atoms with Gasteiger partial charge in [-0.1, -0.05) is 38.1 Å². The molecule has 0 bridgehead atoms. The molecule has 7 heteroatoms. The molecule has 0 radical (unpaired) electrons. The number of hydrogen-bond acceptors (Lipinski definition) is 5. The zero-order chi connectivity index (χ0) is 25.9. The number of carbonyl (C=O) groups is 1. The summed E-state index contributed by atoms with van der Waals surface area (Å²) in [5.74, 6) is 1.17. The molecule has 0 aliphatic carbocycles. The lowest BCUT2D eigenvalue weighted by Crippen LogP contribution is -2.43. The second-order valence-electron chi connectivity index (χ2n) is 10.1. The third-order valence-corrected chi connectivity index (χ3v) is 6.11. The first-order valence-electron chi connectivity index (χ1n) is 12.3. The van der Waals surface area contributed by atoms with Crippen LogP contribution < -0.4 is 20.1 Å². The smallest absolute Gasteiger partial charge is 0.261 e. The van der Waals surface area contributed by atoms with Crippen LogP contribution in [0.3, 0.4) is 0 Å². The van der Waals surface area contributed by atoms with E-state index in [0.29, 0.717) is 18.2 Å². The van der Waals surface area contributed by atoms with Crippen molar-refractivity contribution >= 4 is 33.4 Å². The van der Waals surface area contributed by atoms with Gasteiger partial charge in [-0.05, 0) is 62.2 Å². The minimum Gasteiger partial charge on any atom is -0.490 e. The topological polar surface area (TPSA) is 101 Å². The third kappa shape index (κ3) is 5.74. The van der Waals surface area contributed by atoms with Crippen LogP contribution in [0.2, 0.25) is 0 Å². The number of benzene rings is 3. The Labute approximate surface area is 211 Å². The normalized spacial score (nSPS) is 12.7. The van der Waals surface area contributed by atoms with E-state index in [2.05, 4.69) is 29.8 Å². The lowest BCUT2D eigenvalue weighted by atomic mass is 10.1. The van der Waals surface area contributed by atoms with Crippen molar-refractivity contribution in [2.75, 3.05) is 24.6 Å². The molecule has 4 rings (SSSR count). The molecule has 1 atom stereocenters. The van der Waals surface area contributed by atoms with Crippen molar-refractivity contribution in [3.63, 3.8) is 0 Å². The molecule has 0 aliphatic heterocycles. The van der Waals surface area contributed by atoms with Gasteiger partial charge in [-0.3, -0.25) is 4.79 Å². The number of aromatic amines is 1. The highest BCUT2D eigenvalue weighted by atomic mass is 16.5. The Morgan fingerprint density at radius 3 is 2.39 bits per heavy atom. The summed E-state index contributed by atoms with van der Waals surface area (Å²) in [5.41, 5.74) is 7.33. The van der Waals surface area contributed by atoms with Crippen molar-refractivity contribution in [1.29, 1.82) is 0 Å². The van der Waals surface area contributed by atoms with Crippen molar-refractivity contribution in [2.45, 2.75) is 39.4 Å². The number of para-hydroxylation sites is 1. The average Bonchev–Trinajstić information content (AvgIpc) is 3.21. The summed E-state index contributed by atoms with van der Waals surface area (Å²) in [5, 5.41) is 13.0. The Bertz CT molecular complexity index is 1330. The van der Waals surface area contributed by atoms with Crippen molar-refractivity contribution in [3.8, 4) is 11.5 Å². The van der Waals surface area contributed by atoms with E-state index in [0.717, 1.165) is 39.8 Å². The summed E-state index contributed by atoms with van der Waals surface area (Å²) < 4.78 is 11.9. The number of amides is 1. The molecule has 0 saturated heterocycles. The number of aromatic nitrogens is 1. The minimum absolute atomic E-state index is 0.168. The number of nitrogens with one attached hydrogen (secondary N) is 1. The van der Waals surface area contributed by atoms with E-state index < -0.39 is 17.6 Å². The average molecular weight is 490 g/mol. The van der Waals surface area contributed by atoms with Gasteiger partial charge in [-0.25, -0.2) is 0 Å². The molecule has 3 aromatic carbocycles. The molecule has 0 aliphatic rings. The van der Waals surface area contributed by atoms with E-state index in [1.807, 2.05) is 60.7 Å². The summed E-state index contributed by atoms with van der Waals surface area (Å²) in [6.45, 7) is 8.90. The van der Waals surface area contributed by atoms with Gasteiger partial charge < -0.3 is 30.2 Å². The predicted octanol–water partition coefficient (Wildman–Crippen LogP) is 4.87. The quantitative estimate of drug-likeness (QED) is 0.279. The lowest BCUT2D eigenvalue weighted by molar-refractivity contribution is -0.130. The minimum atomic E-state index is -1.10. The number of fused-ring (bicyclic) bond motifs is 3. The maximum absolute atomic E-state index is 11.6. The molecule has 0 fully saturated rings. The highest BCUT2D eigenvalue weighted by Gasteiger charge is 2.27. The Balaban J connectivity index is 1.46. The number of rotatable bonds is 11. The third-order valence-electron chi connectivity index (χ3n) is 6.11. The molecule has 36 heavy (non-hydrogen) atoms. The molecule has 0 unspecified atom stereocenters. The van der Waals surface area contributed by atoms with Gasteiger partial charge in [0.15, 0.2) is 5.60 Å². The number of anilines is 1. The van der Waals surface area contributed by atoms with E-state index in [-0.39, 0.29) is 6.61 Å². The van der Waals surface area contributed by atoms with Crippen molar-refractivity contribution in [3.05, 3.63) is 66.7 Å². The molecular weight excluding hydrogens is 454 g/mol. The van der Waals surface area contributed by atoms with Gasteiger partial charge in [0, 0.05) is 35.1 Å². The predicted molar refractivity (Wildman–Crippen MR) is 145 cm³/mol. The molecule has 1 heterocycles. The van der Waals surface area contributed by atoms with Crippen LogP contribution in [0.15, 0.2) is 66.7 Å². The Morgan fingerprint density at radius 1 is 1.00 bits per heavy atom. The van der Waals surface area contributed by atoms with Gasteiger partial charge >= 0.3 is 0 Å². The van der Waals surface area contributed by atoms with Crippen molar-refractivity contribution in [2.24, 2.45) is 11.7 Å². The van der Waals surface area contributed by atoms with Crippen LogP contribution in [0, 0.1) is 5.92 Å². The number of aliphatic hydroxyl groups excluding tert-OH is 1. The summed E-state index contributed by atoms with van der Waals surface area (Å²) in [7, 11) is 0. The molecular formula is C29H35N3O4. The number of carbonyl (C=O) groups excluding carboxylic acids is 1. The van der Waals surface area contributed by atoms with Gasteiger partial charge in [0.25, 0.3) is 5.91 Å². The molecule has 4 aromatic rings. The van der Waals surface area contributed by atoms with Gasteiger partial charge in [0.05, 0.1) is 5.52 Å². The number of H-pyrrole nitrogens is 1. The first-order chi connectivity index (χ1) is 17.1. The van der Waals surface area contributed by atoms with Gasteiger partial charge in [0.2, 0.25) is 0 Å². The lowest BCUT2D eigenvalue weighted by Gasteiger charge is -2.29. The fraction of sp³-hybridized carbons (Fsp3) is 0.345. The van der Waals surface area contributed by atoms with Crippen LogP contribution in [0.25, 0.3) is 21.8 Å². The number of nitrogens with zero attached hydrogens (tertiary/aromatic N) is 1. The molecule has 4 N–H and O–H groups in total. The standard InChI is InChI=1S/C29H35N3O4/c1-19(2)16-32(20-12-14-22(15-13-20)36-29(3,4)28(30)34)17-21(33)18-35-26-11-7-10-25-27(26)23-8-5-6-9-24(23)31-25/h5-15,19,21,31,33H,16-18H2,1-4H3,(H2,30,34)/t21-/m0/s1. The molecule has 1 aromatic heterocycles. The number of nitrogens with two attached hydrogens (primary N) is 1. The van der Waals surface area contributed by atoms with Crippen LogP contribution in [-0.4, -0.2) is 47.4 Å². The summed E-state index contributed by atoms with van der Waals surface area (Å²) >= 11 is 0. The maximum atomic E-state index is 11.6. The first-order valence-corrected chi connectivity index (χ1v) is 12.3. The van der Waals surface area contributed by atoms with Crippen LogP contribution >= 0.6 is 0 Å². The zero-order valence-corrected chi connectivity index (χ0v) is 21.3. The molecule has 190 valence electrons. The molecule has 7 nitrogen and oxygen atoms in total. The number of ether oxygens (including phenoxy) is 2. The molecule has 1 amide bonds. The fourth-order valence-corrected chi connectivity index (χ4v) is 4.28. The highest BCUT2D eigenvalue weighted by Crippen LogP contribution is 2.33. The second kappa shape index (κ2) is 10.5. The number of aliphatic hydroxyl groups is 1. The van der Waals surface area contributed by atoms with Gasteiger partial charge in [0.1, 0.15) is 24.2 Å². The second-order valence-corrected chi connectivity index (χ2v) is 10.1. The van der Waals surface area contributed by atoms with Gasteiger partial charge in [-0.15, -0.1) is 0 Å². The van der Waals surface area contributed by atoms with Crippen LogP contribution in [0.1, 0.15) is 27.7 Å². The van der Waals surface area contributed by atoms with Crippen molar-refractivity contribution < 1.29 is 19.4 Å². The van der Waals surface area contributed by atoms with E-state index >= 15 is 0 Å². The van der Waals surface area contributed by atoms with Crippen LogP contribution in [0.4, 0.5) is 5.69 Å². The number of hydrogen-bond donors (Lipinski definition) is 3. The van der Waals surface area contributed by atoms with E-state index in [4.69, 9.17) is 15.2 Å². The zero-order valence-electron chi connectivity index (χ0n) is 21.3. The summed E-state index contributed by atoms with van der Waals surface area (Å²) in [6, 6.07) is 21.5. The highest BCUT2D eigenvalue weighted by molar-refractivity contribution is 6.10. The Hall–Kier alpha value is -3.71. The monoisotopic (exact) mass is 489 g/mol. The number of primary amides is 1. The Morgan fingerprint density at radius 2 is 1.69 bits per heavy atom. The van der Waals surface area contributed by atoms with E-state index in [1.165, 1.54) is 0 Å². The summed E-state index contributed by atoms with van der Waals surface area (Å²) in [4.78, 5) is 17.1. The maximum Gasteiger partial charge on any atom is 0.261 e. The van der Waals surface area contributed by atoms with Crippen molar-refractivity contribution in [1.82, 2.24) is 4.98 Å². The summed E-state index contributed by atoms with van der Waals surface area (Å²) in [6.07, 6.45) is -0.700. The van der Waals surface area contributed by atoms with Gasteiger partial charge in [-0.2, -0.15) is 0 Å².